The first-order valence-corrected chi connectivity index (χ1v) is 13.0. The summed E-state index contributed by atoms with van der Waals surface area (Å²) in [4.78, 5) is 18.8. The number of piperidine rings is 1. The van der Waals surface area contributed by atoms with E-state index in [4.69, 9.17) is 4.74 Å². The highest BCUT2D eigenvalue weighted by atomic mass is 16.6. The summed E-state index contributed by atoms with van der Waals surface area (Å²) in [5, 5.41) is 8.75. The standard InChI is InChI=1S/C29H41N5O2/c1-21-8-7-9-24(18-21)34-14-12-22(13-15-34)27-23(10-11-26-25(27)19-30-31-26)20-32(5)16-17-33(6)28(35)36-29(2,3)4/h7-11,18-19,22H,12-17,20H2,1-6H3,(H,30,31). The van der Waals surface area contributed by atoms with E-state index in [0.29, 0.717) is 12.5 Å². The van der Waals surface area contributed by atoms with E-state index >= 15 is 0 Å². The molecule has 1 fully saturated rings. The number of aromatic amines is 1. The molecule has 7 nitrogen and oxygen atoms in total. The van der Waals surface area contributed by atoms with Gasteiger partial charge in [-0.05, 0) is 88.4 Å². The fourth-order valence-electron chi connectivity index (χ4n) is 5.08. The molecule has 2 aromatic carbocycles. The van der Waals surface area contributed by atoms with E-state index in [-0.39, 0.29) is 6.09 Å². The lowest BCUT2D eigenvalue weighted by Gasteiger charge is -2.35. The number of anilines is 1. The molecule has 1 saturated heterocycles. The summed E-state index contributed by atoms with van der Waals surface area (Å²) in [5.74, 6) is 0.500. The second kappa shape index (κ2) is 10.9. The third-order valence-corrected chi connectivity index (χ3v) is 6.99. The van der Waals surface area contributed by atoms with E-state index in [9.17, 15) is 4.79 Å². The summed E-state index contributed by atoms with van der Waals surface area (Å²) in [6, 6.07) is 13.2. The van der Waals surface area contributed by atoms with Crippen LogP contribution >= 0.6 is 0 Å². The lowest BCUT2D eigenvalue weighted by molar-refractivity contribution is 0.0286. The minimum absolute atomic E-state index is 0.281. The summed E-state index contributed by atoms with van der Waals surface area (Å²) >= 11 is 0. The number of aromatic nitrogens is 2. The number of carbonyl (C=O) groups is 1. The Bertz CT molecular complexity index is 1170. The van der Waals surface area contributed by atoms with Gasteiger partial charge < -0.3 is 19.4 Å². The van der Waals surface area contributed by atoms with Gasteiger partial charge in [0.2, 0.25) is 0 Å². The Morgan fingerprint density at radius 2 is 1.89 bits per heavy atom. The second-order valence-electron chi connectivity index (χ2n) is 11.2. The third-order valence-electron chi connectivity index (χ3n) is 6.99. The van der Waals surface area contributed by atoms with Crippen molar-refractivity contribution in [2.45, 2.75) is 58.6 Å². The van der Waals surface area contributed by atoms with Gasteiger partial charge in [0, 0.05) is 50.8 Å². The number of nitrogens with one attached hydrogen (secondary N) is 1. The van der Waals surface area contributed by atoms with Crippen molar-refractivity contribution in [2.24, 2.45) is 0 Å². The number of H-pyrrole nitrogens is 1. The zero-order valence-electron chi connectivity index (χ0n) is 22.7. The monoisotopic (exact) mass is 491 g/mol. The molecule has 0 bridgehead atoms. The van der Waals surface area contributed by atoms with Gasteiger partial charge >= 0.3 is 6.09 Å². The molecule has 2 heterocycles. The van der Waals surface area contributed by atoms with Crippen LogP contribution < -0.4 is 4.90 Å². The number of hydrogen-bond donors (Lipinski definition) is 1. The molecule has 1 aromatic heterocycles. The van der Waals surface area contributed by atoms with Crippen molar-refractivity contribution in [2.75, 3.05) is 45.2 Å². The molecule has 1 amide bonds. The van der Waals surface area contributed by atoms with Gasteiger partial charge in [-0.15, -0.1) is 0 Å². The van der Waals surface area contributed by atoms with Gasteiger partial charge in [-0.1, -0.05) is 18.2 Å². The molecule has 1 aliphatic heterocycles. The minimum atomic E-state index is -0.485. The molecule has 1 aliphatic rings. The van der Waals surface area contributed by atoms with Crippen molar-refractivity contribution in [3.8, 4) is 0 Å². The first-order valence-electron chi connectivity index (χ1n) is 13.0. The molecule has 0 spiro atoms. The average molecular weight is 492 g/mol. The maximum absolute atomic E-state index is 12.3. The summed E-state index contributed by atoms with van der Waals surface area (Å²) in [6.45, 7) is 12.2. The van der Waals surface area contributed by atoms with Crippen molar-refractivity contribution < 1.29 is 9.53 Å². The normalized spacial score (nSPS) is 15.0. The number of likely N-dealkylation sites (N-methyl/N-ethyl adjacent to an activating group) is 2. The van der Waals surface area contributed by atoms with Crippen molar-refractivity contribution >= 4 is 22.7 Å². The number of aryl methyl sites for hydroxylation is 1. The van der Waals surface area contributed by atoms with Crippen LogP contribution in [0.1, 0.15) is 56.2 Å². The fraction of sp³-hybridized carbons (Fsp3) is 0.517. The zero-order valence-corrected chi connectivity index (χ0v) is 22.7. The summed E-state index contributed by atoms with van der Waals surface area (Å²) < 4.78 is 5.49. The quantitative estimate of drug-likeness (QED) is 0.469. The van der Waals surface area contributed by atoms with Crippen LogP contribution in [0, 0.1) is 6.92 Å². The van der Waals surface area contributed by atoms with Crippen LogP contribution in [-0.4, -0.2) is 72.0 Å². The van der Waals surface area contributed by atoms with Gasteiger partial charge in [-0.3, -0.25) is 5.10 Å². The van der Waals surface area contributed by atoms with Crippen LogP contribution in [-0.2, 0) is 11.3 Å². The van der Waals surface area contributed by atoms with Crippen LogP contribution in [0.25, 0.3) is 10.9 Å². The van der Waals surface area contributed by atoms with Gasteiger partial charge in [-0.25, -0.2) is 4.79 Å². The maximum Gasteiger partial charge on any atom is 0.410 e. The van der Waals surface area contributed by atoms with Gasteiger partial charge in [0.15, 0.2) is 0 Å². The maximum atomic E-state index is 12.3. The number of ether oxygens (including phenoxy) is 1. The lowest BCUT2D eigenvalue weighted by atomic mass is 9.84. The molecule has 0 atom stereocenters. The molecule has 7 heteroatoms. The Balaban J connectivity index is 1.44. The predicted molar refractivity (Wildman–Crippen MR) is 147 cm³/mol. The Morgan fingerprint density at radius 1 is 1.14 bits per heavy atom. The number of fused-ring (bicyclic) bond motifs is 1. The van der Waals surface area contributed by atoms with Gasteiger partial charge in [0.1, 0.15) is 5.60 Å². The van der Waals surface area contributed by atoms with Crippen LogP contribution in [0.4, 0.5) is 10.5 Å². The first-order chi connectivity index (χ1) is 17.1. The predicted octanol–water partition coefficient (Wildman–Crippen LogP) is 5.55. The van der Waals surface area contributed by atoms with Crippen molar-refractivity contribution in [3.05, 3.63) is 59.3 Å². The molecule has 1 N–H and O–H groups in total. The van der Waals surface area contributed by atoms with Crippen LogP contribution in [0.15, 0.2) is 42.6 Å². The Kier molecular flexibility index (Phi) is 7.88. The SMILES string of the molecule is Cc1cccc(N2CCC(c3c(CN(C)CCN(C)C(=O)OC(C)(C)C)ccc4[nH]ncc34)CC2)c1. The van der Waals surface area contributed by atoms with E-state index < -0.39 is 5.60 Å². The van der Waals surface area contributed by atoms with E-state index in [0.717, 1.165) is 44.5 Å². The zero-order chi connectivity index (χ0) is 25.9. The van der Waals surface area contributed by atoms with E-state index in [1.165, 1.54) is 27.8 Å². The van der Waals surface area contributed by atoms with E-state index in [2.05, 4.69) is 70.4 Å². The number of carbonyl (C=O) groups excluding carboxylic acids is 1. The number of amides is 1. The first kappa shape index (κ1) is 26.0. The highest BCUT2D eigenvalue weighted by Gasteiger charge is 2.26. The molecule has 0 aliphatic carbocycles. The van der Waals surface area contributed by atoms with Crippen LogP contribution in [0.2, 0.25) is 0 Å². The Labute approximate surface area is 215 Å². The van der Waals surface area contributed by atoms with E-state index in [1.807, 2.05) is 27.0 Å². The molecule has 0 unspecified atom stereocenters. The summed E-state index contributed by atoms with van der Waals surface area (Å²) in [5.41, 5.74) is 6.02. The smallest absolute Gasteiger partial charge is 0.410 e. The van der Waals surface area contributed by atoms with Gasteiger partial charge in [0.05, 0.1) is 11.7 Å². The van der Waals surface area contributed by atoms with Gasteiger partial charge in [0.25, 0.3) is 0 Å². The highest BCUT2D eigenvalue weighted by Crippen LogP contribution is 2.37. The Hall–Kier alpha value is -3.06. The molecular weight excluding hydrogens is 450 g/mol. The van der Waals surface area contributed by atoms with Crippen molar-refractivity contribution in [1.29, 1.82) is 0 Å². The molecule has 4 rings (SSSR count). The average Bonchev–Trinajstić information content (AvgIpc) is 3.30. The molecule has 0 saturated carbocycles. The second-order valence-corrected chi connectivity index (χ2v) is 11.2. The number of nitrogens with zero attached hydrogens (tertiary/aromatic N) is 4. The van der Waals surface area contributed by atoms with Crippen LogP contribution in [0.3, 0.4) is 0 Å². The molecule has 0 radical (unpaired) electrons. The Morgan fingerprint density at radius 3 is 2.58 bits per heavy atom. The lowest BCUT2D eigenvalue weighted by Crippen LogP contribution is -2.38. The summed E-state index contributed by atoms with van der Waals surface area (Å²) in [7, 11) is 3.92. The van der Waals surface area contributed by atoms with Crippen molar-refractivity contribution in [3.63, 3.8) is 0 Å². The largest absolute Gasteiger partial charge is 0.444 e. The summed E-state index contributed by atoms with van der Waals surface area (Å²) in [6.07, 6.45) is 3.95. The highest BCUT2D eigenvalue weighted by molar-refractivity contribution is 5.83. The van der Waals surface area contributed by atoms with Gasteiger partial charge in [-0.2, -0.15) is 5.10 Å². The topological polar surface area (TPSA) is 64.7 Å². The molecule has 3 aromatic rings. The number of hydrogen-bond acceptors (Lipinski definition) is 5. The molecule has 194 valence electrons. The van der Waals surface area contributed by atoms with E-state index in [1.54, 1.807) is 11.9 Å². The molecule has 36 heavy (non-hydrogen) atoms. The molecular formula is C29H41N5O2. The van der Waals surface area contributed by atoms with Crippen molar-refractivity contribution in [1.82, 2.24) is 20.0 Å². The third kappa shape index (κ3) is 6.38. The number of benzene rings is 2. The minimum Gasteiger partial charge on any atom is -0.444 e. The fourth-order valence-corrected chi connectivity index (χ4v) is 5.08. The number of rotatable bonds is 7. The van der Waals surface area contributed by atoms with Crippen LogP contribution in [0.5, 0.6) is 0 Å².